The minimum atomic E-state index is -0.119. The number of nitrogens with zero attached hydrogens (tertiary/aromatic N) is 2. The van der Waals surface area contributed by atoms with Crippen molar-refractivity contribution >= 4 is 38.6 Å². The summed E-state index contributed by atoms with van der Waals surface area (Å²) in [5, 5.41) is 1.08. The van der Waals surface area contributed by atoms with E-state index in [1.807, 2.05) is 0 Å². The summed E-state index contributed by atoms with van der Waals surface area (Å²) in [5.41, 5.74) is 11.5. The molecule has 34 heavy (non-hydrogen) atoms. The number of thiazole rings is 1. The monoisotopic (exact) mass is 458 g/mol. The summed E-state index contributed by atoms with van der Waals surface area (Å²) in [6, 6.07) is 31.1. The van der Waals surface area contributed by atoms with Gasteiger partial charge < -0.3 is 4.90 Å². The fourth-order valence-electron chi connectivity index (χ4n) is 6.01. The number of aromatic nitrogens is 1. The molecule has 0 fully saturated rings. The van der Waals surface area contributed by atoms with E-state index in [9.17, 15) is 0 Å². The SMILES string of the molecule is CC1(C)c2ccccc2N2c3ccc(-c4nc5ccccc5s4)cc3C(C)(C)c3cccc1c32. The summed E-state index contributed by atoms with van der Waals surface area (Å²) in [6.07, 6.45) is 0. The van der Waals surface area contributed by atoms with Gasteiger partial charge in [0, 0.05) is 16.4 Å². The first-order chi connectivity index (χ1) is 16.4. The molecule has 0 unspecified atom stereocenters. The van der Waals surface area contributed by atoms with Crippen LogP contribution in [0, 0.1) is 0 Å². The molecule has 2 nitrogen and oxygen atoms in total. The maximum Gasteiger partial charge on any atom is 0.124 e. The van der Waals surface area contributed by atoms with Crippen molar-refractivity contribution in [2.24, 2.45) is 0 Å². The highest BCUT2D eigenvalue weighted by atomic mass is 32.1. The molecule has 7 rings (SSSR count). The van der Waals surface area contributed by atoms with Gasteiger partial charge in [-0.2, -0.15) is 0 Å². The molecule has 5 aromatic rings. The Hall–Kier alpha value is -3.43. The number of hydrogen-bond acceptors (Lipinski definition) is 3. The summed E-state index contributed by atoms with van der Waals surface area (Å²) in [6.45, 7) is 9.46. The van der Waals surface area contributed by atoms with Crippen LogP contribution in [0.3, 0.4) is 0 Å². The molecule has 2 aliphatic rings. The lowest BCUT2D eigenvalue weighted by Gasteiger charge is -2.49. The zero-order valence-electron chi connectivity index (χ0n) is 19.9. The highest BCUT2D eigenvalue weighted by molar-refractivity contribution is 7.21. The lowest BCUT2D eigenvalue weighted by molar-refractivity contribution is 0.597. The van der Waals surface area contributed by atoms with Crippen LogP contribution in [-0.4, -0.2) is 4.98 Å². The van der Waals surface area contributed by atoms with Gasteiger partial charge in [-0.05, 0) is 58.7 Å². The minimum absolute atomic E-state index is 0.0487. The molecule has 0 spiro atoms. The van der Waals surface area contributed by atoms with Gasteiger partial charge in [0.1, 0.15) is 5.01 Å². The normalized spacial score (nSPS) is 16.6. The van der Waals surface area contributed by atoms with E-state index in [2.05, 4.69) is 118 Å². The largest absolute Gasteiger partial charge is 0.309 e. The zero-order chi connectivity index (χ0) is 23.2. The van der Waals surface area contributed by atoms with E-state index in [-0.39, 0.29) is 10.8 Å². The van der Waals surface area contributed by atoms with Crippen molar-refractivity contribution in [2.45, 2.75) is 38.5 Å². The summed E-state index contributed by atoms with van der Waals surface area (Å²) >= 11 is 1.77. The third-order valence-corrected chi connectivity index (χ3v) is 8.96. The number of benzene rings is 4. The lowest BCUT2D eigenvalue weighted by Crippen LogP contribution is -2.38. The standard InChI is InChI=1S/C31H26N2S/c1-30(2)20-10-5-7-14-25(20)33-26-17-16-19(29-32-24-13-6-8-15-27(24)34-29)18-23(26)31(3,4)22-12-9-11-21(30)28(22)33/h5-18H,1-4H3. The van der Waals surface area contributed by atoms with Gasteiger partial charge in [-0.25, -0.2) is 4.98 Å². The van der Waals surface area contributed by atoms with E-state index in [4.69, 9.17) is 4.98 Å². The van der Waals surface area contributed by atoms with Crippen molar-refractivity contribution in [1.29, 1.82) is 0 Å². The third kappa shape index (κ3) is 2.48. The smallest absolute Gasteiger partial charge is 0.124 e. The van der Waals surface area contributed by atoms with Crippen molar-refractivity contribution < 1.29 is 0 Å². The first kappa shape index (κ1) is 20.0. The Labute approximate surface area is 204 Å². The fraction of sp³-hybridized carbons (Fsp3) is 0.194. The molecule has 2 aliphatic heterocycles. The van der Waals surface area contributed by atoms with Crippen molar-refractivity contribution in [2.75, 3.05) is 4.90 Å². The van der Waals surface area contributed by atoms with Crippen LogP contribution in [-0.2, 0) is 10.8 Å². The first-order valence-electron chi connectivity index (χ1n) is 11.9. The van der Waals surface area contributed by atoms with E-state index in [1.165, 1.54) is 49.6 Å². The molecule has 0 atom stereocenters. The zero-order valence-corrected chi connectivity index (χ0v) is 20.7. The van der Waals surface area contributed by atoms with Gasteiger partial charge in [-0.3, -0.25) is 0 Å². The molecule has 3 heterocycles. The van der Waals surface area contributed by atoms with E-state index >= 15 is 0 Å². The van der Waals surface area contributed by atoms with Crippen LogP contribution in [0.5, 0.6) is 0 Å². The Morgan fingerprint density at radius 2 is 1.29 bits per heavy atom. The number of rotatable bonds is 1. The Morgan fingerprint density at radius 1 is 0.647 bits per heavy atom. The predicted octanol–water partition coefficient (Wildman–Crippen LogP) is 8.71. The molecule has 0 N–H and O–H groups in total. The fourth-order valence-corrected chi connectivity index (χ4v) is 6.97. The maximum atomic E-state index is 4.95. The number of anilines is 3. The number of fused-ring (bicyclic) bond motifs is 5. The van der Waals surface area contributed by atoms with Gasteiger partial charge in [0.05, 0.1) is 27.3 Å². The molecule has 3 heteroatoms. The van der Waals surface area contributed by atoms with E-state index in [1.54, 1.807) is 11.3 Å². The maximum absolute atomic E-state index is 4.95. The average molecular weight is 459 g/mol. The summed E-state index contributed by atoms with van der Waals surface area (Å²) in [4.78, 5) is 7.46. The third-order valence-electron chi connectivity index (χ3n) is 7.88. The quantitative estimate of drug-likeness (QED) is 0.250. The Balaban J connectivity index is 1.51. The molecule has 166 valence electrons. The van der Waals surface area contributed by atoms with Gasteiger partial charge in [0.25, 0.3) is 0 Å². The minimum Gasteiger partial charge on any atom is -0.309 e. The Bertz CT molecular complexity index is 1590. The molecule has 0 amide bonds. The topological polar surface area (TPSA) is 16.1 Å². The molecule has 0 radical (unpaired) electrons. The van der Waals surface area contributed by atoms with Gasteiger partial charge >= 0.3 is 0 Å². The highest BCUT2D eigenvalue weighted by Gasteiger charge is 2.45. The molecule has 1 aromatic heterocycles. The summed E-state index contributed by atoms with van der Waals surface area (Å²) in [7, 11) is 0. The average Bonchev–Trinajstić information content (AvgIpc) is 3.28. The van der Waals surface area contributed by atoms with Crippen LogP contribution in [0.15, 0.2) is 84.9 Å². The summed E-state index contributed by atoms with van der Waals surface area (Å²) < 4.78 is 1.23. The van der Waals surface area contributed by atoms with Crippen molar-refractivity contribution in [3.8, 4) is 10.6 Å². The van der Waals surface area contributed by atoms with Gasteiger partial charge in [0.15, 0.2) is 0 Å². The van der Waals surface area contributed by atoms with Crippen LogP contribution >= 0.6 is 11.3 Å². The molecule has 0 aliphatic carbocycles. The Morgan fingerprint density at radius 3 is 2.09 bits per heavy atom. The van der Waals surface area contributed by atoms with Crippen LogP contribution in [0.1, 0.15) is 49.9 Å². The lowest BCUT2D eigenvalue weighted by atomic mass is 9.66. The van der Waals surface area contributed by atoms with Gasteiger partial charge in [-0.1, -0.05) is 76.2 Å². The van der Waals surface area contributed by atoms with E-state index in [0.29, 0.717) is 0 Å². The predicted molar refractivity (Wildman–Crippen MR) is 144 cm³/mol. The highest BCUT2D eigenvalue weighted by Crippen LogP contribution is 2.60. The number of hydrogen-bond donors (Lipinski definition) is 0. The second kappa shape index (κ2) is 6.58. The van der Waals surface area contributed by atoms with Crippen LogP contribution in [0.25, 0.3) is 20.8 Å². The number of para-hydroxylation sites is 3. The molecule has 0 bridgehead atoms. The van der Waals surface area contributed by atoms with Crippen molar-refractivity contribution in [1.82, 2.24) is 4.98 Å². The second-order valence-electron chi connectivity index (χ2n) is 10.5. The molecular weight excluding hydrogens is 432 g/mol. The molecule has 4 aromatic carbocycles. The van der Waals surface area contributed by atoms with Gasteiger partial charge in [0.2, 0.25) is 0 Å². The van der Waals surface area contributed by atoms with Gasteiger partial charge in [-0.15, -0.1) is 11.3 Å². The van der Waals surface area contributed by atoms with Crippen LogP contribution in [0.2, 0.25) is 0 Å². The second-order valence-corrected chi connectivity index (χ2v) is 11.6. The van der Waals surface area contributed by atoms with Crippen molar-refractivity contribution in [3.05, 3.63) is 107 Å². The van der Waals surface area contributed by atoms with E-state index in [0.717, 1.165) is 10.5 Å². The summed E-state index contributed by atoms with van der Waals surface area (Å²) in [5.74, 6) is 0. The van der Waals surface area contributed by atoms with Crippen LogP contribution < -0.4 is 4.90 Å². The van der Waals surface area contributed by atoms with Crippen LogP contribution in [0.4, 0.5) is 17.1 Å². The molecule has 0 saturated heterocycles. The van der Waals surface area contributed by atoms with E-state index < -0.39 is 0 Å². The Kier molecular flexibility index (Phi) is 3.87. The molecular formula is C31H26N2S. The first-order valence-corrected chi connectivity index (χ1v) is 12.7. The van der Waals surface area contributed by atoms with Crippen molar-refractivity contribution in [3.63, 3.8) is 0 Å². The molecule has 0 saturated carbocycles.